The number of hydrogen-bond donors (Lipinski definition) is 0. The molecule has 0 radical (unpaired) electrons. The predicted molar refractivity (Wildman–Crippen MR) is 332 cm³/mol. The highest BCUT2D eigenvalue weighted by Gasteiger charge is 2.35. The van der Waals surface area contributed by atoms with E-state index in [9.17, 15) is 0 Å². The van der Waals surface area contributed by atoms with Gasteiger partial charge in [0.1, 0.15) is 41.1 Å². The van der Waals surface area contributed by atoms with Crippen molar-refractivity contribution >= 4 is 0 Å². The highest BCUT2D eigenvalue weighted by Crippen LogP contribution is 2.37. The maximum Gasteiger partial charge on any atom is 0.166 e. The second kappa shape index (κ2) is 27.0. The van der Waals surface area contributed by atoms with E-state index in [0.29, 0.717) is 0 Å². The van der Waals surface area contributed by atoms with Gasteiger partial charge in [0, 0.05) is 70.8 Å². The standard InChI is InChI=1S/4C11H19NO.2C10H18N2O.2CH4/c2*1-10(2,3)8-7-13-12-9(8)11(4,5)6;2*1-10(2,3)8-7-12-13-9(8)11(4,5)6;1-9(2,3)7-8(10(4,5)6)13-12-11-7;1-9(2,3)7-8(10(4,5)6)12-13-11-7;;/h4*7H,1-6H3;2*1-6H3;2*1H4. The van der Waals surface area contributed by atoms with Gasteiger partial charge in [0.2, 0.25) is 0 Å². The summed E-state index contributed by atoms with van der Waals surface area (Å²) in [6, 6.07) is 0. The highest BCUT2D eigenvalue weighted by atomic mass is 16.6. The third-order valence-electron chi connectivity index (χ3n) is 12.1. The molecule has 6 rings (SSSR count). The fourth-order valence-electron chi connectivity index (χ4n) is 7.60. The van der Waals surface area contributed by atoms with Crippen LogP contribution in [0.1, 0.15) is 332 Å². The minimum Gasteiger partial charge on any atom is -0.364 e. The van der Waals surface area contributed by atoms with Gasteiger partial charge < -0.3 is 22.6 Å². The van der Waals surface area contributed by atoms with Gasteiger partial charge >= 0.3 is 0 Å². The summed E-state index contributed by atoms with van der Waals surface area (Å²) in [6.45, 7) is 77.2. The zero-order chi connectivity index (χ0) is 61.7. The SMILES string of the molecule is C.C.CC(C)(C)c1cnoc1C(C)(C)C.CC(C)(C)c1cnoc1C(C)(C)C.CC(C)(C)c1conc1C(C)(C)C.CC(C)(C)c1conc1C(C)(C)C.CC(C)(C)c1nnoc1C(C)(C)C.CC(C)(C)c1nonc1C(C)(C)C. The molecule has 0 saturated heterocycles. The minimum atomic E-state index is -0.0217. The maximum atomic E-state index is 5.31. The second-order valence-corrected chi connectivity index (χ2v) is 33.2. The molecule has 0 N–H and O–H groups in total. The van der Waals surface area contributed by atoms with Gasteiger partial charge in [0.25, 0.3) is 0 Å². The van der Waals surface area contributed by atoms with E-state index in [4.69, 9.17) is 27.2 Å². The Morgan fingerprint density at radius 2 is 0.525 bits per heavy atom. The van der Waals surface area contributed by atoms with Crippen molar-refractivity contribution in [2.24, 2.45) is 0 Å². The molecule has 0 aliphatic heterocycles. The Morgan fingerprint density at radius 3 is 0.713 bits per heavy atom. The molecule has 0 amide bonds. The van der Waals surface area contributed by atoms with Crippen LogP contribution in [0.2, 0.25) is 0 Å². The summed E-state index contributed by atoms with van der Waals surface area (Å²) in [6.07, 6.45) is 7.20. The monoisotopic (exact) mass is 1120 g/mol. The Kier molecular flexibility index (Phi) is 26.1. The first kappa shape index (κ1) is 77.2. The first-order valence-electron chi connectivity index (χ1n) is 27.9. The van der Waals surface area contributed by atoms with Crippen molar-refractivity contribution < 1.29 is 27.2 Å². The Balaban J connectivity index is 0. The molecule has 0 bridgehead atoms. The van der Waals surface area contributed by atoms with Crippen LogP contribution in [-0.2, 0) is 65.0 Å². The van der Waals surface area contributed by atoms with Crippen LogP contribution in [0.3, 0.4) is 0 Å². The van der Waals surface area contributed by atoms with Crippen molar-refractivity contribution in [3.05, 3.63) is 92.9 Å². The molecule has 80 heavy (non-hydrogen) atoms. The minimum absolute atomic E-state index is 0. The fraction of sp³-hybridized carbons (Fsp3) is 0.758. The first-order valence-corrected chi connectivity index (χ1v) is 27.9. The van der Waals surface area contributed by atoms with Crippen LogP contribution in [0.5, 0.6) is 0 Å². The molecule has 0 unspecified atom stereocenters. The van der Waals surface area contributed by atoms with Crippen molar-refractivity contribution in [1.29, 1.82) is 0 Å². The molecule has 6 aromatic heterocycles. The van der Waals surface area contributed by atoms with Gasteiger partial charge in [0.05, 0.1) is 23.8 Å². The summed E-state index contributed by atoms with van der Waals surface area (Å²) < 4.78 is 30.7. The van der Waals surface area contributed by atoms with Gasteiger partial charge in [-0.3, -0.25) is 0 Å². The van der Waals surface area contributed by atoms with Crippen LogP contribution in [0, 0.1) is 0 Å². The molecule has 14 heteroatoms. The maximum absolute atomic E-state index is 5.31. The summed E-state index contributed by atoms with van der Waals surface area (Å²) in [5.41, 5.74) is 10.5. The van der Waals surface area contributed by atoms with Crippen LogP contribution >= 0.6 is 0 Å². The van der Waals surface area contributed by atoms with Crippen molar-refractivity contribution in [1.82, 2.24) is 41.3 Å². The van der Waals surface area contributed by atoms with E-state index in [1.807, 2.05) is 12.4 Å². The summed E-state index contributed by atoms with van der Waals surface area (Å²) in [5, 5.41) is 31.5. The van der Waals surface area contributed by atoms with E-state index in [-0.39, 0.29) is 79.8 Å². The number of nitrogens with zero attached hydrogens (tertiary/aromatic N) is 8. The lowest BCUT2D eigenvalue weighted by Crippen LogP contribution is -2.21. The molecule has 0 saturated carbocycles. The summed E-state index contributed by atoms with van der Waals surface area (Å²) in [5.74, 6) is 2.89. The molecule has 0 spiro atoms. The Morgan fingerprint density at radius 1 is 0.263 bits per heavy atom. The van der Waals surface area contributed by atoms with Gasteiger partial charge in [-0.05, 0) is 21.7 Å². The van der Waals surface area contributed by atoms with E-state index in [1.54, 1.807) is 12.5 Å². The normalized spacial score (nSPS) is 13.1. The summed E-state index contributed by atoms with van der Waals surface area (Å²) in [7, 11) is 0. The van der Waals surface area contributed by atoms with Crippen molar-refractivity contribution in [2.45, 2.75) is 329 Å². The molecular formula is C66H120N8O6. The Hall–Kier alpha value is -4.88. The molecule has 0 aromatic carbocycles. The smallest absolute Gasteiger partial charge is 0.166 e. The van der Waals surface area contributed by atoms with Gasteiger partial charge in [-0.25, -0.2) is 4.63 Å². The lowest BCUT2D eigenvalue weighted by Gasteiger charge is -2.23. The fourth-order valence-corrected chi connectivity index (χ4v) is 7.60. The topological polar surface area (TPSA) is 182 Å². The first-order chi connectivity index (χ1) is 34.4. The lowest BCUT2D eigenvalue weighted by molar-refractivity contribution is 0.290. The molecule has 0 fully saturated rings. The molecule has 0 aliphatic rings. The summed E-state index contributed by atoms with van der Waals surface area (Å²) >= 11 is 0. The highest BCUT2D eigenvalue weighted by molar-refractivity contribution is 5.31. The number of hydrogen-bond acceptors (Lipinski definition) is 14. The van der Waals surface area contributed by atoms with Gasteiger partial charge in [-0.1, -0.05) is 295 Å². The zero-order valence-corrected chi connectivity index (χ0v) is 56.3. The van der Waals surface area contributed by atoms with Crippen LogP contribution < -0.4 is 0 Å². The van der Waals surface area contributed by atoms with Crippen LogP contribution in [0.25, 0.3) is 0 Å². The Bertz CT molecular complexity index is 2030. The van der Waals surface area contributed by atoms with Gasteiger partial charge in [-0.2, -0.15) is 0 Å². The predicted octanol–water partition coefficient (Wildman–Crippen LogP) is 19.7. The lowest BCUT2D eigenvalue weighted by atomic mass is 9.80. The molecule has 14 nitrogen and oxygen atoms in total. The third kappa shape index (κ3) is 23.5. The largest absolute Gasteiger partial charge is 0.364 e. The molecule has 0 atom stereocenters. The summed E-state index contributed by atoms with van der Waals surface area (Å²) in [4.78, 5) is 0. The Labute approximate surface area is 488 Å². The van der Waals surface area contributed by atoms with E-state index >= 15 is 0 Å². The molecule has 0 aliphatic carbocycles. The van der Waals surface area contributed by atoms with E-state index in [0.717, 1.165) is 45.8 Å². The van der Waals surface area contributed by atoms with E-state index in [2.05, 4.69) is 291 Å². The molecule has 6 aromatic rings. The van der Waals surface area contributed by atoms with Crippen LogP contribution in [0.15, 0.2) is 52.2 Å². The average Bonchev–Trinajstić information content (AvgIpc) is 4.06. The van der Waals surface area contributed by atoms with Gasteiger partial charge in [0.15, 0.2) is 5.76 Å². The quantitative estimate of drug-likeness (QED) is 0.140. The average molecular weight is 1120 g/mol. The van der Waals surface area contributed by atoms with Crippen molar-refractivity contribution in [3.8, 4) is 0 Å². The number of aromatic nitrogens is 8. The second-order valence-electron chi connectivity index (χ2n) is 33.2. The number of rotatable bonds is 0. The molecule has 6 heterocycles. The van der Waals surface area contributed by atoms with E-state index in [1.165, 1.54) is 22.3 Å². The third-order valence-corrected chi connectivity index (χ3v) is 12.1. The van der Waals surface area contributed by atoms with Crippen LogP contribution in [-0.4, -0.2) is 41.3 Å². The van der Waals surface area contributed by atoms with Crippen molar-refractivity contribution in [3.63, 3.8) is 0 Å². The van der Waals surface area contributed by atoms with Gasteiger partial charge in [-0.15, -0.1) is 5.10 Å². The van der Waals surface area contributed by atoms with Crippen LogP contribution in [0.4, 0.5) is 0 Å². The zero-order valence-electron chi connectivity index (χ0n) is 56.3. The van der Waals surface area contributed by atoms with E-state index < -0.39 is 0 Å². The molecule has 460 valence electrons. The molecular weight excluding hydrogens is 1000 g/mol. The van der Waals surface area contributed by atoms with Crippen molar-refractivity contribution in [2.75, 3.05) is 0 Å².